The second-order valence-electron chi connectivity index (χ2n) is 18.7. The van der Waals surface area contributed by atoms with Gasteiger partial charge in [0.1, 0.15) is 28.7 Å². The molecule has 2 fully saturated rings. The summed E-state index contributed by atoms with van der Waals surface area (Å²) in [5.41, 5.74) is 2.64. The van der Waals surface area contributed by atoms with Crippen molar-refractivity contribution in [2.45, 2.75) is 116 Å². The number of oxime groups is 1. The zero-order valence-corrected chi connectivity index (χ0v) is 39.5. The zero-order valence-electron chi connectivity index (χ0n) is 37.8. The highest BCUT2D eigenvalue weighted by atomic mass is 32.3. The summed E-state index contributed by atoms with van der Waals surface area (Å²) < 4.78 is 56.4. The van der Waals surface area contributed by atoms with Gasteiger partial charge in [-0.15, -0.1) is 15.6 Å². The van der Waals surface area contributed by atoms with Crippen LogP contribution in [0.3, 0.4) is 0 Å². The highest BCUT2D eigenvalue weighted by molar-refractivity contribution is 7.80. The van der Waals surface area contributed by atoms with Crippen LogP contribution in [0.1, 0.15) is 80.0 Å². The molecule has 65 heavy (non-hydrogen) atoms. The number of nitrogens with zero attached hydrogens (tertiary/aromatic N) is 4. The number of nitrogens with one attached hydrogen (secondary N) is 4. The number of fused-ring (bicyclic) bond motifs is 1. The van der Waals surface area contributed by atoms with Crippen LogP contribution in [-0.2, 0) is 56.3 Å². The van der Waals surface area contributed by atoms with E-state index in [4.69, 9.17) is 24.8 Å². The van der Waals surface area contributed by atoms with Gasteiger partial charge in [0, 0.05) is 42.6 Å². The molecule has 3 amide bonds. The number of carbonyl (C=O) groups is 4. The Kier molecular flexibility index (Phi) is 14.2. The molecule has 354 valence electrons. The number of carbonyl (C=O) groups excluding carboxylic acids is 4. The molecule has 5 heterocycles. The Morgan fingerprint density at radius 3 is 2.38 bits per heavy atom. The lowest BCUT2D eigenvalue weighted by atomic mass is 9.84. The Morgan fingerprint density at radius 1 is 1.08 bits per heavy atom. The molecule has 6 rings (SSSR count). The average Bonchev–Trinajstić information content (AvgIpc) is 3.64. The van der Waals surface area contributed by atoms with Crippen molar-refractivity contribution in [1.29, 1.82) is 0 Å². The third-order valence-corrected chi connectivity index (χ3v) is 11.7. The van der Waals surface area contributed by atoms with E-state index in [1.165, 1.54) is 26.2 Å². The minimum Gasteiger partial charge on any atom is -0.485 e. The maximum absolute atomic E-state index is 14.2. The first kappa shape index (κ1) is 49.0. The lowest BCUT2D eigenvalue weighted by Crippen LogP contribution is -2.76. The number of ether oxygens (including phenoxy) is 3. The highest BCUT2D eigenvalue weighted by Crippen LogP contribution is 2.38. The molecule has 2 aromatic heterocycles. The third-order valence-electron chi connectivity index (χ3n) is 10.6. The van der Waals surface area contributed by atoms with E-state index in [1.54, 1.807) is 41.5 Å². The van der Waals surface area contributed by atoms with Gasteiger partial charge in [-0.05, 0) is 104 Å². The van der Waals surface area contributed by atoms with E-state index in [0.29, 0.717) is 36.2 Å². The number of aryl methyl sites for hydroxylation is 1. The second-order valence-corrected chi connectivity index (χ2v) is 20.5. The Bertz CT molecular complexity index is 2440. The number of rotatable bonds is 16. The van der Waals surface area contributed by atoms with Crippen LogP contribution in [0.4, 0.5) is 15.7 Å². The van der Waals surface area contributed by atoms with Crippen LogP contribution < -0.4 is 36.3 Å². The van der Waals surface area contributed by atoms with E-state index in [2.05, 4.69) is 46.5 Å². The lowest BCUT2D eigenvalue weighted by molar-refractivity contribution is -0.690. The monoisotopic (exact) mass is 944 g/mol. The van der Waals surface area contributed by atoms with E-state index in [0.717, 1.165) is 53.5 Å². The van der Waals surface area contributed by atoms with E-state index in [-0.39, 0.29) is 17.2 Å². The SMILES string of the molecule is CC(C)(C)OC(=O)Nc1nc(/C(=N/OC(C)(C(=O)OC(C)(C)C)C2CCc3cc(-c4ccc(NCCN)[n+](CC5CNC5)c4)ccc3O2)C(=O)NC2C(=O)N(OS(=O)(=O)O)C2(C)C)cs1. The van der Waals surface area contributed by atoms with Crippen LogP contribution in [0.15, 0.2) is 47.1 Å². The van der Waals surface area contributed by atoms with Crippen LogP contribution in [-0.4, -0.2) is 113 Å². The zero-order chi connectivity index (χ0) is 47.7. The van der Waals surface area contributed by atoms with Gasteiger partial charge in [0.25, 0.3) is 23.2 Å². The molecule has 0 saturated carbocycles. The average molecular weight is 945 g/mol. The van der Waals surface area contributed by atoms with Crippen LogP contribution in [0.25, 0.3) is 11.1 Å². The molecule has 0 aliphatic carbocycles. The minimum absolute atomic E-state index is 0.00806. The van der Waals surface area contributed by atoms with Crippen molar-refractivity contribution < 1.29 is 60.0 Å². The number of benzene rings is 1. The smallest absolute Gasteiger partial charge is 0.418 e. The second kappa shape index (κ2) is 18.8. The van der Waals surface area contributed by atoms with E-state index in [9.17, 15) is 32.1 Å². The van der Waals surface area contributed by atoms with Crippen molar-refractivity contribution in [2.24, 2.45) is 16.8 Å². The van der Waals surface area contributed by atoms with E-state index in [1.807, 2.05) is 30.3 Å². The fourth-order valence-corrected chi connectivity index (χ4v) is 8.28. The topological polar surface area (TPSA) is 275 Å². The number of hydrogen-bond acceptors (Lipinski definition) is 17. The van der Waals surface area contributed by atoms with Crippen LogP contribution in [0.2, 0.25) is 0 Å². The van der Waals surface area contributed by atoms with Crippen LogP contribution in [0, 0.1) is 5.92 Å². The first-order chi connectivity index (χ1) is 30.3. The van der Waals surface area contributed by atoms with Crippen molar-refractivity contribution in [3.8, 4) is 16.9 Å². The number of anilines is 2. The minimum atomic E-state index is -5.09. The molecule has 3 aliphatic rings. The molecule has 1 aromatic carbocycles. The Morgan fingerprint density at radius 2 is 1.77 bits per heavy atom. The van der Waals surface area contributed by atoms with Crippen molar-refractivity contribution >= 4 is 62.3 Å². The van der Waals surface area contributed by atoms with Gasteiger partial charge in [0.2, 0.25) is 0 Å². The molecule has 3 unspecified atom stereocenters. The summed E-state index contributed by atoms with van der Waals surface area (Å²) in [7, 11) is -5.09. The lowest BCUT2D eigenvalue weighted by Gasteiger charge is -2.50. The molecule has 21 nitrogen and oxygen atoms in total. The fraction of sp³-hybridized carbons (Fsp3) is 0.548. The summed E-state index contributed by atoms with van der Waals surface area (Å²) in [5.74, 6) is -0.916. The summed E-state index contributed by atoms with van der Waals surface area (Å²) in [5, 5.41) is 17.7. The Balaban J connectivity index is 1.30. The summed E-state index contributed by atoms with van der Waals surface area (Å²) in [4.78, 5) is 64.4. The first-order valence-corrected chi connectivity index (χ1v) is 23.3. The molecule has 2 saturated heterocycles. The predicted molar refractivity (Wildman–Crippen MR) is 238 cm³/mol. The van der Waals surface area contributed by atoms with Gasteiger partial charge in [-0.25, -0.2) is 19.1 Å². The van der Waals surface area contributed by atoms with Crippen molar-refractivity contribution in [1.82, 2.24) is 20.7 Å². The third kappa shape index (κ3) is 11.9. The number of esters is 1. The number of amides is 3. The van der Waals surface area contributed by atoms with Crippen molar-refractivity contribution in [2.75, 3.05) is 36.8 Å². The van der Waals surface area contributed by atoms with Gasteiger partial charge in [-0.3, -0.25) is 24.8 Å². The van der Waals surface area contributed by atoms with Gasteiger partial charge in [-0.1, -0.05) is 11.2 Å². The Hall–Kier alpha value is -5.46. The number of pyridine rings is 1. The number of nitrogens with two attached hydrogens (primary N) is 1. The number of β-lactam (4-membered cyclic amide) rings is 1. The number of thiazole rings is 1. The fourth-order valence-electron chi connectivity index (χ4n) is 7.14. The van der Waals surface area contributed by atoms with Crippen molar-refractivity contribution in [3.63, 3.8) is 0 Å². The molecule has 7 N–H and O–H groups in total. The molecule has 0 radical (unpaired) electrons. The van der Waals surface area contributed by atoms with Gasteiger partial charge in [0.05, 0.1) is 24.8 Å². The van der Waals surface area contributed by atoms with E-state index < -0.39 is 74.5 Å². The van der Waals surface area contributed by atoms with Gasteiger partial charge < -0.3 is 35.4 Å². The number of hydroxylamine groups is 2. The summed E-state index contributed by atoms with van der Waals surface area (Å²) in [6.07, 6.45) is 1.01. The normalized spacial score (nSPS) is 19.6. The van der Waals surface area contributed by atoms with Gasteiger partial charge in [0.15, 0.2) is 16.9 Å². The quantitative estimate of drug-likeness (QED) is 0.0301. The molecule has 0 bridgehead atoms. The highest BCUT2D eigenvalue weighted by Gasteiger charge is 2.58. The molecule has 3 aliphatic heterocycles. The molecule has 3 atom stereocenters. The first-order valence-electron chi connectivity index (χ1n) is 21.0. The molecule has 0 spiro atoms. The standard InChI is InChI=1S/C42H57N9O12S2/c1-39(2,3)60-36(54)42(9,30-14-11-26-18-25(10-13-29(26)59-30)27-12-15-31(45-17-16-43)50(22-27)21-24-19-44-20-24)62-49-32(28-23-64-37(46-28)48-38(55)61-40(4,5)6)34(52)47-33-35(53)51(41(33,7)8)63-65(56,57)58/h10,12-13,15,18,22-24,30,33,44H,11,14,16-17,19-21,43H2,1-9H3,(H3,46,47,48,52,55,56,57,58)/p+1/b49-32-. The molecule has 3 aromatic rings. The van der Waals surface area contributed by atoms with Gasteiger partial charge >= 0.3 is 22.5 Å². The van der Waals surface area contributed by atoms with Gasteiger partial charge in [-0.2, -0.15) is 13.5 Å². The number of hydrogen-bond donors (Lipinski definition) is 6. The molecule has 23 heteroatoms. The van der Waals surface area contributed by atoms with Crippen LogP contribution in [0.5, 0.6) is 5.75 Å². The largest absolute Gasteiger partial charge is 0.485 e. The predicted octanol–water partition coefficient (Wildman–Crippen LogP) is 3.09. The maximum Gasteiger partial charge on any atom is 0.418 e. The summed E-state index contributed by atoms with van der Waals surface area (Å²) in [6.45, 7) is 18.2. The summed E-state index contributed by atoms with van der Waals surface area (Å²) >= 11 is 0.916. The summed E-state index contributed by atoms with van der Waals surface area (Å²) in [6, 6.07) is 8.51. The maximum atomic E-state index is 14.2. The van der Waals surface area contributed by atoms with Crippen LogP contribution >= 0.6 is 11.3 Å². The molecular formula is C42H58N9O12S2+. The van der Waals surface area contributed by atoms with E-state index >= 15 is 0 Å². The Labute approximate surface area is 381 Å². The van der Waals surface area contributed by atoms with Crippen molar-refractivity contribution in [3.05, 3.63) is 53.2 Å². The molecular weight excluding hydrogens is 887 g/mol. The number of aromatic nitrogens is 2.